The molecule has 0 saturated heterocycles. The lowest BCUT2D eigenvalue weighted by Gasteiger charge is -2.22. The van der Waals surface area contributed by atoms with Gasteiger partial charge in [-0.3, -0.25) is 4.79 Å². The van der Waals surface area contributed by atoms with Crippen molar-refractivity contribution in [1.82, 2.24) is 4.57 Å². The number of para-hydroxylation sites is 1. The Bertz CT molecular complexity index is 1320. The standard InChI is InChI=1S/C30H32FN3O/c1-30(15-7-8-16-30)19-29(35)33-25-13-14-28-23(17-25)18-26(20-32-24-10-3-2-4-11-24)34(28)21-22-9-5-6-12-27(22)31/h2-6,9-14,17-18,32H,7-8,15-16,19-21H2,1H3,(H,33,35). The van der Waals surface area contributed by atoms with Crippen LogP contribution in [0.15, 0.2) is 78.9 Å². The molecule has 4 nitrogen and oxygen atoms in total. The maximum atomic E-state index is 14.5. The molecule has 3 aromatic carbocycles. The fourth-order valence-electron chi connectivity index (χ4n) is 5.28. The van der Waals surface area contributed by atoms with Crippen molar-refractivity contribution in [3.8, 4) is 0 Å². The molecule has 0 bridgehead atoms. The molecule has 1 heterocycles. The number of carbonyl (C=O) groups excluding carboxylic acids is 1. The number of halogens is 1. The van der Waals surface area contributed by atoms with Gasteiger partial charge < -0.3 is 15.2 Å². The van der Waals surface area contributed by atoms with E-state index in [0.29, 0.717) is 25.1 Å². The fourth-order valence-corrected chi connectivity index (χ4v) is 5.28. The maximum Gasteiger partial charge on any atom is 0.224 e. The molecule has 2 N–H and O–H groups in total. The molecule has 0 aliphatic heterocycles. The van der Waals surface area contributed by atoms with Crippen LogP contribution in [0.25, 0.3) is 10.9 Å². The minimum atomic E-state index is -0.208. The minimum Gasteiger partial charge on any atom is -0.379 e. The Morgan fingerprint density at radius 3 is 2.46 bits per heavy atom. The molecule has 5 rings (SSSR count). The van der Waals surface area contributed by atoms with E-state index in [-0.39, 0.29) is 17.1 Å². The number of aromatic nitrogens is 1. The van der Waals surface area contributed by atoms with Gasteiger partial charge in [0.2, 0.25) is 5.91 Å². The van der Waals surface area contributed by atoms with Gasteiger partial charge in [-0.2, -0.15) is 0 Å². The number of anilines is 2. The van der Waals surface area contributed by atoms with Crippen LogP contribution in [-0.2, 0) is 17.9 Å². The Hall–Kier alpha value is -3.60. The second-order valence-corrected chi connectivity index (χ2v) is 10.0. The summed E-state index contributed by atoms with van der Waals surface area (Å²) in [6, 6.07) is 25.1. The van der Waals surface area contributed by atoms with E-state index in [4.69, 9.17) is 0 Å². The van der Waals surface area contributed by atoms with Crippen LogP contribution in [0.5, 0.6) is 0 Å². The lowest BCUT2D eigenvalue weighted by Crippen LogP contribution is -2.22. The number of carbonyl (C=O) groups is 1. The topological polar surface area (TPSA) is 46.1 Å². The highest BCUT2D eigenvalue weighted by Gasteiger charge is 2.31. The molecule has 1 aliphatic rings. The number of rotatable bonds is 8. The molecule has 0 radical (unpaired) electrons. The van der Waals surface area contributed by atoms with Crippen LogP contribution in [0.1, 0.15) is 50.3 Å². The number of fused-ring (bicyclic) bond motifs is 1. The number of hydrogen-bond donors (Lipinski definition) is 2. The first-order valence-corrected chi connectivity index (χ1v) is 12.4. The third kappa shape index (κ3) is 5.40. The first kappa shape index (κ1) is 23.2. The Morgan fingerprint density at radius 1 is 0.943 bits per heavy atom. The van der Waals surface area contributed by atoms with E-state index < -0.39 is 0 Å². The van der Waals surface area contributed by atoms with Crippen LogP contribution in [0.4, 0.5) is 15.8 Å². The molecule has 0 spiro atoms. The van der Waals surface area contributed by atoms with Crippen molar-refractivity contribution in [2.75, 3.05) is 10.6 Å². The van der Waals surface area contributed by atoms with Gasteiger partial charge in [-0.05, 0) is 60.7 Å². The molecule has 1 saturated carbocycles. The van der Waals surface area contributed by atoms with Crippen molar-refractivity contribution in [2.45, 2.75) is 52.1 Å². The van der Waals surface area contributed by atoms with Gasteiger partial charge in [-0.15, -0.1) is 0 Å². The molecule has 180 valence electrons. The third-order valence-electron chi connectivity index (χ3n) is 7.20. The summed E-state index contributed by atoms with van der Waals surface area (Å²) in [7, 11) is 0. The van der Waals surface area contributed by atoms with Gasteiger partial charge in [0.15, 0.2) is 0 Å². The van der Waals surface area contributed by atoms with Crippen molar-refractivity contribution in [2.24, 2.45) is 5.41 Å². The van der Waals surface area contributed by atoms with E-state index in [0.717, 1.165) is 40.8 Å². The quantitative estimate of drug-likeness (QED) is 0.283. The second kappa shape index (κ2) is 9.95. The van der Waals surface area contributed by atoms with Crippen LogP contribution < -0.4 is 10.6 Å². The summed E-state index contributed by atoms with van der Waals surface area (Å²) in [5.41, 5.74) is 4.66. The number of benzene rings is 3. The number of amides is 1. The average molecular weight is 470 g/mol. The summed E-state index contributed by atoms with van der Waals surface area (Å²) in [6.07, 6.45) is 5.23. The van der Waals surface area contributed by atoms with Gasteiger partial charge in [0.05, 0.1) is 13.1 Å². The zero-order chi connectivity index (χ0) is 24.3. The zero-order valence-electron chi connectivity index (χ0n) is 20.2. The molecule has 35 heavy (non-hydrogen) atoms. The summed E-state index contributed by atoms with van der Waals surface area (Å²) in [6.45, 7) is 3.26. The zero-order valence-corrected chi connectivity index (χ0v) is 20.2. The van der Waals surface area contributed by atoms with Gasteiger partial charge in [0, 0.05) is 40.0 Å². The lowest BCUT2D eigenvalue weighted by atomic mass is 9.85. The SMILES string of the molecule is CC1(CC(=O)Nc2ccc3c(c2)cc(CNc2ccccc2)n3Cc2ccccc2F)CCCC1. The predicted octanol–water partition coefficient (Wildman–Crippen LogP) is 7.35. The molecular weight excluding hydrogens is 437 g/mol. The van der Waals surface area contributed by atoms with E-state index >= 15 is 0 Å². The highest BCUT2D eigenvalue weighted by molar-refractivity contribution is 5.94. The van der Waals surface area contributed by atoms with Gasteiger partial charge in [0.25, 0.3) is 0 Å². The van der Waals surface area contributed by atoms with E-state index in [1.807, 2.05) is 60.7 Å². The second-order valence-electron chi connectivity index (χ2n) is 10.0. The van der Waals surface area contributed by atoms with Gasteiger partial charge in [0.1, 0.15) is 5.82 Å². The third-order valence-corrected chi connectivity index (χ3v) is 7.20. The lowest BCUT2D eigenvalue weighted by molar-refractivity contribution is -0.118. The Balaban J connectivity index is 1.41. The maximum absolute atomic E-state index is 14.5. The van der Waals surface area contributed by atoms with Crippen LogP contribution in [-0.4, -0.2) is 10.5 Å². The van der Waals surface area contributed by atoms with Crippen LogP contribution >= 0.6 is 0 Å². The first-order valence-electron chi connectivity index (χ1n) is 12.4. The van der Waals surface area contributed by atoms with Crippen LogP contribution in [0, 0.1) is 11.2 Å². The van der Waals surface area contributed by atoms with E-state index in [9.17, 15) is 9.18 Å². The smallest absolute Gasteiger partial charge is 0.224 e. The predicted molar refractivity (Wildman–Crippen MR) is 141 cm³/mol. The Kier molecular flexibility index (Phi) is 6.58. The first-order chi connectivity index (χ1) is 17.0. The summed E-state index contributed by atoms with van der Waals surface area (Å²) in [5, 5.41) is 7.60. The van der Waals surface area contributed by atoms with E-state index in [1.54, 1.807) is 6.07 Å². The van der Waals surface area contributed by atoms with Gasteiger partial charge in [-0.1, -0.05) is 56.2 Å². The number of nitrogens with one attached hydrogen (secondary N) is 2. The van der Waals surface area contributed by atoms with Crippen LogP contribution in [0.3, 0.4) is 0 Å². The fraction of sp³-hybridized carbons (Fsp3) is 0.300. The Morgan fingerprint density at radius 2 is 1.69 bits per heavy atom. The summed E-state index contributed by atoms with van der Waals surface area (Å²) in [5.74, 6) is -0.133. The van der Waals surface area contributed by atoms with Gasteiger partial charge in [-0.25, -0.2) is 4.39 Å². The number of nitrogens with zero attached hydrogens (tertiary/aromatic N) is 1. The van der Waals surface area contributed by atoms with Crippen molar-refractivity contribution >= 4 is 28.2 Å². The van der Waals surface area contributed by atoms with Crippen molar-refractivity contribution < 1.29 is 9.18 Å². The normalized spacial score (nSPS) is 14.8. The molecule has 0 atom stereocenters. The Labute approximate surface area is 206 Å². The molecule has 5 heteroatoms. The van der Waals surface area contributed by atoms with Crippen LogP contribution in [0.2, 0.25) is 0 Å². The summed E-state index contributed by atoms with van der Waals surface area (Å²) >= 11 is 0. The minimum absolute atomic E-state index is 0.0745. The average Bonchev–Trinajstić information content (AvgIpc) is 3.42. The molecule has 4 aromatic rings. The highest BCUT2D eigenvalue weighted by Crippen LogP contribution is 2.40. The summed E-state index contributed by atoms with van der Waals surface area (Å²) < 4.78 is 16.6. The largest absolute Gasteiger partial charge is 0.379 e. The summed E-state index contributed by atoms with van der Waals surface area (Å²) in [4.78, 5) is 12.8. The van der Waals surface area contributed by atoms with Gasteiger partial charge >= 0.3 is 0 Å². The molecular formula is C30H32FN3O. The molecule has 1 amide bonds. The van der Waals surface area contributed by atoms with Crippen molar-refractivity contribution in [3.63, 3.8) is 0 Å². The molecule has 1 aromatic heterocycles. The molecule has 1 aliphatic carbocycles. The van der Waals surface area contributed by atoms with Crippen molar-refractivity contribution in [3.05, 3.63) is 95.9 Å². The molecule has 1 fully saturated rings. The van der Waals surface area contributed by atoms with Crippen molar-refractivity contribution in [1.29, 1.82) is 0 Å². The van der Waals surface area contributed by atoms with E-state index in [2.05, 4.69) is 28.2 Å². The number of hydrogen-bond acceptors (Lipinski definition) is 2. The highest BCUT2D eigenvalue weighted by atomic mass is 19.1. The van der Waals surface area contributed by atoms with E-state index in [1.165, 1.54) is 18.9 Å². The monoisotopic (exact) mass is 469 g/mol. The molecule has 0 unspecified atom stereocenters.